The van der Waals surface area contributed by atoms with Crippen molar-refractivity contribution >= 4 is 29.1 Å². The summed E-state index contributed by atoms with van der Waals surface area (Å²) in [6.07, 6.45) is 0. The first-order valence-corrected chi connectivity index (χ1v) is 7.17. The molecule has 3 nitrogen and oxygen atoms in total. The van der Waals surface area contributed by atoms with E-state index in [1.54, 1.807) is 54.4 Å². The summed E-state index contributed by atoms with van der Waals surface area (Å²) in [5.74, 6) is -0.0131. The third-order valence-corrected chi connectivity index (χ3v) is 4.28. The third-order valence-electron chi connectivity index (χ3n) is 3.46. The fourth-order valence-electron chi connectivity index (χ4n) is 2.01. The van der Waals surface area contributed by atoms with Gasteiger partial charge in [-0.3, -0.25) is 4.79 Å². The highest BCUT2D eigenvalue weighted by Gasteiger charge is 2.21. The zero-order valence-corrected chi connectivity index (χ0v) is 13.2. The van der Waals surface area contributed by atoms with Crippen LogP contribution in [0.15, 0.2) is 42.5 Å². The lowest BCUT2D eigenvalue weighted by molar-refractivity contribution is 0.0743. The smallest absolute Gasteiger partial charge is 0.255 e. The molecule has 0 bridgehead atoms. The maximum absolute atomic E-state index is 12.5. The van der Waals surface area contributed by atoms with Crippen LogP contribution in [-0.2, 0) is 0 Å². The normalized spacial score (nSPS) is 12.0. The first kappa shape index (κ1) is 15.7. The van der Waals surface area contributed by atoms with Crippen molar-refractivity contribution in [3.05, 3.63) is 63.6 Å². The Morgan fingerprint density at radius 2 is 1.76 bits per heavy atom. The zero-order valence-electron chi connectivity index (χ0n) is 11.7. The average Bonchev–Trinajstić information content (AvgIpc) is 2.48. The van der Waals surface area contributed by atoms with Gasteiger partial charge in [0, 0.05) is 7.05 Å². The Balaban J connectivity index is 2.26. The molecule has 0 aliphatic heterocycles. The summed E-state index contributed by atoms with van der Waals surface area (Å²) in [6.45, 7) is 1.91. The third kappa shape index (κ3) is 3.31. The molecular formula is C16H15Cl2NO2. The number of amides is 1. The highest BCUT2D eigenvalue weighted by molar-refractivity contribution is 6.43. The summed E-state index contributed by atoms with van der Waals surface area (Å²) in [5.41, 5.74) is 1.29. The van der Waals surface area contributed by atoms with E-state index >= 15 is 0 Å². The standard InChI is InChI=1S/C16H15Cl2NO2/c1-10(11-6-8-12(20)9-7-11)19(2)16(21)13-4-3-5-14(17)15(13)18/h3-10,20H,1-2H3. The van der Waals surface area contributed by atoms with Gasteiger partial charge in [-0.05, 0) is 36.8 Å². The van der Waals surface area contributed by atoms with Crippen molar-refractivity contribution in [3.8, 4) is 5.75 Å². The molecule has 2 aromatic carbocycles. The Bertz CT molecular complexity index is 656. The van der Waals surface area contributed by atoms with Gasteiger partial charge < -0.3 is 10.0 Å². The maximum atomic E-state index is 12.5. The van der Waals surface area contributed by atoms with Gasteiger partial charge in [0.25, 0.3) is 5.91 Å². The molecule has 0 aliphatic rings. The lowest BCUT2D eigenvalue weighted by atomic mass is 10.1. The molecule has 0 heterocycles. The quantitative estimate of drug-likeness (QED) is 0.901. The van der Waals surface area contributed by atoms with Crippen LogP contribution in [0.3, 0.4) is 0 Å². The van der Waals surface area contributed by atoms with Crippen molar-refractivity contribution in [1.82, 2.24) is 4.90 Å². The number of benzene rings is 2. The first-order chi connectivity index (χ1) is 9.91. The second-order valence-corrected chi connectivity index (χ2v) is 5.57. The van der Waals surface area contributed by atoms with E-state index in [1.165, 1.54) is 0 Å². The first-order valence-electron chi connectivity index (χ1n) is 6.42. The number of hydrogen-bond acceptors (Lipinski definition) is 2. The van der Waals surface area contributed by atoms with Gasteiger partial charge in [0.1, 0.15) is 5.75 Å². The van der Waals surface area contributed by atoms with Gasteiger partial charge >= 0.3 is 0 Å². The lowest BCUT2D eigenvalue weighted by Gasteiger charge is -2.26. The minimum absolute atomic E-state index is 0.159. The molecule has 2 aromatic rings. The van der Waals surface area contributed by atoms with Crippen molar-refractivity contribution in [2.75, 3.05) is 7.05 Å². The van der Waals surface area contributed by atoms with E-state index in [4.69, 9.17) is 23.2 Å². The van der Waals surface area contributed by atoms with Gasteiger partial charge in [-0.15, -0.1) is 0 Å². The topological polar surface area (TPSA) is 40.5 Å². The number of phenolic OH excluding ortho intramolecular Hbond substituents is 1. The van der Waals surface area contributed by atoms with Crippen LogP contribution >= 0.6 is 23.2 Å². The highest BCUT2D eigenvalue weighted by Crippen LogP contribution is 2.29. The molecule has 0 aromatic heterocycles. The fraction of sp³-hybridized carbons (Fsp3) is 0.188. The van der Waals surface area contributed by atoms with Crippen molar-refractivity contribution in [1.29, 1.82) is 0 Å². The predicted molar refractivity (Wildman–Crippen MR) is 85.1 cm³/mol. The van der Waals surface area contributed by atoms with Crippen LogP contribution in [-0.4, -0.2) is 23.0 Å². The summed E-state index contributed by atoms with van der Waals surface area (Å²) in [7, 11) is 1.71. The van der Waals surface area contributed by atoms with E-state index in [9.17, 15) is 9.90 Å². The molecule has 0 aliphatic carbocycles. The molecule has 2 rings (SSSR count). The summed E-state index contributed by atoms with van der Waals surface area (Å²) in [5, 5.41) is 9.93. The summed E-state index contributed by atoms with van der Waals surface area (Å²) >= 11 is 12.0. The summed E-state index contributed by atoms with van der Waals surface area (Å²) in [6, 6.07) is 11.6. The van der Waals surface area contributed by atoms with Crippen LogP contribution in [0.2, 0.25) is 10.0 Å². The van der Waals surface area contributed by atoms with Crippen LogP contribution < -0.4 is 0 Å². The number of halogens is 2. The number of aromatic hydroxyl groups is 1. The largest absolute Gasteiger partial charge is 0.508 e. The molecule has 0 spiro atoms. The average molecular weight is 324 g/mol. The van der Waals surface area contributed by atoms with E-state index in [0.29, 0.717) is 10.6 Å². The molecule has 1 unspecified atom stereocenters. The lowest BCUT2D eigenvalue weighted by Crippen LogP contribution is -2.29. The van der Waals surface area contributed by atoms with Crippen molar-refractivity contribution in [2.45, 2.75) is 13.0 Å². The van der Waals surface area contributed by atoms with Gasteiger partial charge in [0.2, 0.25) is 0 Å². The number of carbonyl (C=O) groups is 1. The van der Waals surface area contributed by atoms with Gasteiger partial charge in [-0.1, -0.05) is 41.4 Å². The molecule has 110 valence electrons. The zero-order chi connectivity index (χ0) is 15.6. The Kier molecular flexibility index (Phi) is 4.76. The Hall–Kier alpha value is -1.71. The number of carbonyl (C=O) groups excluding carboxylic acids is 1. The monoisotopic (exact) mass is 323 g/mol. The van der Waals surface area contributed by atoms with Gasteiger partial charge in [-0.25, -0.2) is 0 Å². The molecule has 0 saturated carbocycles. The van der Waals surface area contributed by atoms with E-state index in [2.05, 4.69) is 0 Å². The maximum Gasteiger partial charge on any atom is 0.255 e. The van der Waals surface area contributed by atoms with Crippen LogP contribution in [0.4, 0.5) is 0 Å². The van der Waals surface area contributed by atoms with Crippen molar-refractivity contribution in [2.24, 2.45) is 0 Å². The number of phenols is 1. The van der Waals surface area contributed by atoms with Crippen molar-refractivity contribution in [3.63, 3.8) is 0 Å². The summed E-state index contributed by atoms with van der Waals surface area (Å²) in [4.78, 5) is 14.1. The molecule has 21 heavy (non-hydrogen) atoms. The number of nitrogens with zero attached hydrogens (tertiary/aromatic N) is 1. The molecular weight excluding hydrogens is 309 g/mol. The Labute approximate surface area is 133 Å². The van der Waals surface area contributed by atoms with E-state index in [-0.39, 0.29) is 22.7 Å². The minimum atomic E-state index is -0.205. The minimum Gasteiger partial charge on any atom is -0.508 e. The Morgan fingerprint density at radius 3 is 2.38 bits per heavy atom. The molecule has 1 amide bonds. The number of rotatable bonds is 3. The van der Waals surface area contributed by atoms with E-state index in [1.807, 2.05) is 6.92 Å². The SMILES string of the molecule is CC(c1ccc(O)cc1)N(C)C(=O)c1cccc(Cl)c1Cl. The van der Waals surface area contributed by atoms with E-state index < -0.39 is 0 Å². The van der Waals surface area contributed by atoms with Gasteiger partial charge in [0.15, 0.2) is 0 Å². The highest BCUT2D eigenvalue weighted by atomic mass is 35.5. The van der Waals surface area contributed by atoms with Crippen LogP contribution in [0.25, 0.3) is 0 Å². The second-order valence-electron chi connectivity index (χ2n) is 4.78. The molecule has 1 N–H and O–H groups in total. The van der Waals surface area contributed by atoms with Crippen LogP contribution in [0.5, 0.6) is 5.75 Å². The molecule has 0 fully saturated rings. The fourth-order valence-corrected chi connectivity index (χ4v) is 2.39. The van der Waals surface area contributed by atoms with E-state index in [0.717, 1.165) is 5.56 Å². The van der Waals surface area contributed by atoms with Gasteiger partial charge in [-0.2, -0.15) is 0 Å². The Morgan fingerprint density at radius 1 is 1.14 bits per heavy atom. The molecule has 0 radical (unpaired) electrons. The predicted octanol–water partition coefficient (Wildman–Crippen LogP) is 4.53. The second kappa shape index (κ2) is 6.37. The van der Waals surface area contributed by atoms with Gasteiger partial charge in [0.05, 0.1) is 21.7 Å². The van der Waals surface area contributed by atoms with Crippen molar-refractivity contribution < 1.29 is 9.90 Å². The molecule has 5 heteroatoms. The molecule has 1 atom stereocenters. The summed E-state index contributed by atoms with van der Waals surface area (Å²) < 4.78 is 0. The number of hydrogen-bond donors (Lipinski definition) is 1. The van der Waals surface area contributed by atoms with Crippen LogP contribution in [0.1, 0.15) is 28.9 Å². The van der Waals surface area contributed by atoms with Crippen LogP contribution in [0, 0.1) is 0 Å². The molecule has 0 saturated heterocycles.